The van der Waals surface area contributed by atoms with Crippen molar-refractivity contribution in [2.75, 3.05) is 33.7 Å². The molecule has 2 aliphatic rings. The number of nitrogens with zero attached hydrogens (tertiary/aromatic N) is 3. The Labute approximate surface area is 139 Å². The zero-order chi connectivity index (χ0) is 17.4. The highest BCUT2D eigenvalue weighted by Crippen LogP contribution is 2.30. The average molecular weight is 337 g/mol. The zero-order valence-electron chi connectivity index (χ0n) is 13.8. The Morgan fingerprint density at radius 2 is 1.83 bits per heavy atom. The second-order valence-corrected chi connectivity index (χ2v) is 6.58. The molecule has 5 nitrogen and oxygen atoms in total. The number of hydrogen-bond acceptors (Lipinski definition) is 3. The largest absolute Gasteiger partial charge is 0.336 e. The van der Waals surface area contributed by atoms with Crippen molar-refractivity contribution in [1.29, 1.82) is 0 Å². The van der Waals surface area contributed by atoms with Crippen molar-refractivity contribution in [3.63, 3.8) is 0 Å². The number of likely N-dealkylation sites (N-methyl/N-ethyl adjacent to an activating group) is 1. The third kappa shape index (κ3) is 3.13. The van der Waals surface area contributed by atoms with Gasteiger partial charge >= 0.3 is 0 Å². The van der Waals surface area contributed by atoms with Gasteiger partial charge in [-0.25, -0.2) is 8.78 Å². The Kier molecular flexibility index (Phi) is 4.54. The van der Waals surface area contributed by atoms with Crippen LogP contribution in [-0.4, -0.2) is 66.3 Å². The topological polar surface area (TPSA) is 43.9 Å². The molecule has 1 aliphatic heterocycles. The van der Waals surface area contributed by atoms with Crippen molar-refractivity contribution in [1.82, 2.24) is 14.7 Å². The van der Waals surface area contributed by atoms with E-state index in [0.717, 1.165) is 25.0 Å². The Morgan fingerprint density at radius 1 is 1.21 bits per heavy atom. The van der Waals surface area contributed by atoms with Crippen molar-refractivity contribution in [3.05, 3.63) is 35.4 Å². The number of hydrogen-bond donors (Lipinski definition) is 0. The van der Waals surface area contributed by atoms with Crippen molar-refractivity contribution < 1.29 is 18.4 Å². The number of benzene rings is 1. The minimum absolute atomic E-state index is 0.0320. The first-order chi connectivity index (χ1) is 11.4. The van der Waals surface area contributed by atoms with Crippen LogP contribution in [0.4, 0.5) is 8.78 Å². The van der Waals surface area contributed by atoms with Gasteiger partial charge in [-0.2, -0.15) is 0 Å². The monoisotopic (exact) mass is 337 g/mol. The first-order valence-corrected chi connectivity index (χ1v) is 8.08. The van der Waals surface area contributed by atoms with Crippen LogP contribution in [0.1, 0.15) is 24.4 Å². The first kappa shape index (κ1) is 16.8. The molecule has 130 valence electrons. The summed E-state index contributed by atoms with van der Waals surface area (Å²) < 4.78 is 28.3. The normalized spacial score (nSPS) is 19.8. The lowest BCUT2D eigenvalue weighted by Gasteiger charge is -2.37. The van der Waals surface area contributed by atoms with Crippen LogP contribution in [0.15, 0.2) is 18.2 Å². The summed E-state index contributed by atoms with van der Waals surface area (Å²) in [7, 11) is 3.19. The zero-order valence-corrected chi connectivity index (χ0v) is 13.8. The molecule has 0 spiro atoms. The Balaban J connectivity index is 1.82. The lowest BCUT2D eigenvalue weighted by Crippen LogP contribution is -2.55. The van der Waals surface area contributed by atoms with Gasteiger partial charge in [0.05, 0.1) is 12.1 Å². The molecular formula is C17H21F2N3O2. The molecule has 7 heteroatoms. The molecular weight excluding hydrogens is 316 g/mol. The van der Waals surface area contributed by atoms with Crippen LogP contribution in [0.2, 0.25) is 0 Å². The van der Waals surface area contributed by atoms with Crippen LogP contribution in [0.3, 0.4) is 0 Å². The highest BCUT2D eigenvalue weighted by molar-refractivity contribution is 5.89. The fraction of sp³-hybridized carbons (Fsp3) is 0.529. The number of halogens is 2. The molecule has 0 aromatic heterocycles. The smallest absolute Gasteiger partial charge is 0.245 e. The minimum Gasteiger partial charge on any atom is -0.336 e. The van der Waals surface area contributed by atoms with Crippen LogP contribution in [0, 0.1) is 11.6 Å². The van der Waals surface area contributed by atoms with Gasteiger partial charge in [0, 0.05) is 19.1 Å². The highest BCUT2D eigenvalue weighted by atomic mass is 19.1. The van der Waals surface area contributed by atoms with E-state index in [-0.39, 0.29) is 18.0 Å². The number of amides is 2. The minimum atomic E-state index is -1.09. The van der Waals surface area contributed by atoms with Crippen LogP contribution >= 0.6 is 0 Å². The summed E-state index contributed by atoms with van der Waals surface area (Å²) in [5.74, 6) is -2.06. The Morgan fingerprint density at radius 3 is 2.33 bits per heavy atom. The van der Waals surface area contributed by atoms with E-state index in [1.807, 2.05) is 0 Å². The van der Waals surface area contributed by atoms with Crippen molar-refractivity contribution >= 4 is 11.8 Å². The number of carbonyl (C=O) groups is 2. The lowest BCUT2D eigenvalue weighted by molar-refractivity contribution is -0.148. The lowest BCUT2D eigenvalue weighted by atomic mass is 10.0. The second-order valence-electron chi connectivity index (χ2n) is 6.58. The van der Waals surface area contributed by atoms with E-state index in [4.69, 9.17) is 0 Å². The molecule has 2 fully saturated rings. The van der Waals surface area contributed by atoms with Gasteiger partial charge in [-0.05, 0) is 39.1 Å². The van der Waals surface area contributed by atoms with Gasteiger partial charge in [0.15, 0.2) is 0 Å². The molecule has 0 bridgehead atoms. The average Bonchev–Trinajstić information content (AvgIpc) is 3.34. The van der Waals surface area contributed by atoms with Crippen molar-refractivity contribution in [2.45, 2.75) is 24.9 Å². The summed E-state index contributed by atoms with van der Waals surface area (Å²) in [5, 5.41) is 0. The number of rotatable bonds is 4. The summed E-state index contributed by atoms with van der Waals surface area (Å²) >= 11 is 0. The third-order valence-electron chi connectivity index (χ3n) is 4.58. The van der Waals surface area contributed by atoms with Gasteiger partial charge in [0.1, 0.15) is 17.7 Å². The van der Waals surface area contributed by atoms with Gasteiger partial charge < -0.3 is 9.80 Å². The molecule has 24 heavy (non-hydrogen) atoms. The summed E-state index contributed by atoms with van der Waals surface area (Å²) in [5.41, 5.74) is -0.274. The molecule has 0 unspecified atom stereocenters. The summed E-state index contributed by atoms with van der Waals surface area (Å²) in [6.07, 6.45) is 2.03. The summed E-state index contributed by atoms with van der Waals surface area (Å²) in [6.45, 7) is 0.840. The maximum atomic E-state index is 14.1. The van der Waals surface area contributed by atoms with Crippen LogP contribution in [0.25, 0.3) is 0 Å². The molecule has 1 aromatic carbocycles. The molecule has 0 radical (unpaired) electrons. The van der Waals surface area contributed by atoms with Crippen molar-refractivity contribution in [2.24, 2.45) is 0 Å². The summed E-state index contributed by atoms with van der Waals surface area (Å²) in [6, 6.07) is 2.76. The van der Waals surface area contributed by atoms with Crippen LogP contribution in [-0.2, 0) is 9.59 Å². The molecule has 1 atom stereocenters. The summed E-state index contributed by atoms with van der Waals surface area (Å²) in [4.78, 5) is 29.8. The van der Waals surface area contributed by atoms with Crippen LogP contribution < -0.4 is 0 Å². The molecule has 1 saturated heterocycles. The Hall–Kier alpha value is -2.02. The van der Waals surface area contributed by atoms with Gasteiger partial charge in [-0.1, -0.05) is 6.07 Å². The van der Waals surface area contributed by atoms with Gasteiger partial charge in [0.25, 0.3) is 0 Å². The van der Waals surface area contributed by atoms with Crippen LogP contribution in [0.5, 0.6) is 0 Å². The fourth-order valence-corrected chi connectivity index (χ4v) is 3.19. The first-order valence-electron chi connectivity index (χ1n) is 8.08. The van der Waals surface area contributed by atoms with E-state index < -0.39 is 23.6 Å². The van der Waals surface area contributed by atoms with E-state index in [1.165, 1.54) is 15.9 Å². The number of piperazine rings is 1. The van der Waals surface area contributed by atoms with Gasteiger partial charge in [-0.15, -0.1) is 0 Å². The van der Waals surface area contributed by atoms with E-state index in [1.54, 1.807) is 19.0 Å². The second kappa shape index (κ2) is 6.47. The third-order valence-corrected chi connectivity index (χ3v) is 4.58. The predicted molar refractivity (Wildman–Crippen MR) is 84.1 cm³/mol. The molecule has 2 amide bonds. The van der Waals surface area contributed by atoms with E-state index in [2.05, 4.69) is 0 Å². The maximum Gasteiger partial charge on any atom is 0.245 e. The highest BCUT2D eigenvalue weighted by Gasteiger charge is 2.39. The van der Waals surface area contributed by atoms with E-state index >= 15 is 0 Å². The van der Waals surface area contributed by atoms with Crippen molar-refractivity contribution in [3.8, 4) is 0 Å². The fourth-order valence-electron chi connectivity index (χ4n) is 3.19. The van der Waals surface area contributed by atoms with Gasteiger partial charge in [0.2, 0.25) is 11.8 Å². The molecule has 1 heterocycles. The molecule has 0 N–H and O–H groups in total. The maximum absolute atomic E-state index is 14.1. The van der Waals surface area contributed by atoms with E-state index in [0.29, 0.717) is 19.1 Å². The van der Waals surface area contributed by atoms with Gasteiger partial charge in [-0.3, -0.25) is 14.5 Å². The molecule has 1 saturated carbocycles. The molecule has 1 aliphatic carbocycles. The standard InChI is InChI=1S/C17H21F2N3O2/c1-20(2)16(15-12(18)4-3-5-13(15)19)17(24)21-8-9-22(11-6-7-11)14(23)10-21/h3-5,11,16H,6-10H2,1-2H3/t16-/m1/s1. The Bertz CT molecular complexity index is 641. The number of carbonyl (C=O) groups excluding carboxylic acids is 2. The molecule has 1 aromatic rings. The molecule has 3 rings (SSSR count). The van der Waals surface area contributed by atoms with E-state index in [9.17, 15) is 18.4 Å². The quantitative estimate of drug-likeness (QED) is 0.834. The predicted octanol–water partition coefficient (Wildman–Crippen LogP) is 1.40. The SMILES string of the molecule is CN(C)[C@@H](C(=O)N1CCN(C2CC2)C(=O)C1)c1c(F)cccc1F.